The van der Waals surface area contributed by atoms with E-state index in [1.165, 1.54) is 0 Å². The molecule has 6 heteroatoms. The molecule has 0 fully saturated rings. The van der Waals surface area contributed by atoms with Gasteiger partial charge < -0.3 is 15.0 Å². The monoisotopic (exact) mass is 279 g/mol. The molecule has 0 aromatic carbocycles. The summed E-state index contributed by atoms with van der Waals surface area (Å²) in [5, 5.41) is 7.06. The van der Waals surface area contributed by atoms with E-state index in [4.69, 9.17) is 11.6 Å². The summed E-state index contributed by atoms with van der Waals surface area (Å²) in [6.07, 6.45) is 3.78. The summed E-state index contributed by atoms with van der Waals surface area (Å²) in [7, 11) is 0. The molecule has 19 heavy (non-hydrogen) atoms. The van der Waals surface area contributed by atoms with Crippen LogP contribution in [0.1, 0.15) is 19.5 Å². The van der Waals surface area contributed by atoms with Gasteiger partial charge in [0.15, 0.2) is 5.96 Å². The van der Waals surface area contributed by atoms with Crippen molar-refractivity contribution in [1.82, 2.24) is 20.0 Å². The molecule has 2 rings (SSSR count). The Morgan fingerprint density at radius 1 is 1.26 bits per heavy atom. The molecule has 5 nitrogen and oxygen atoms in total. The maximum Gasteiger partial charge on any atom is 0.191 e. The van der Waals surface area contributed by atoms with Crippen molar-refractivity contribution in [3.63, 3.8) is 0 Å². The van der Waals surface area contributed by atoms with Gasteiger partial charge in [-0.1, -0.05) is 11.6 Å². The van der Waals surface area contributed by atoms with Crippen LogP contribution >= 0.6 is 11.6 Å². The van der Waals surface area contributed by atoms with Crippen LogP contribution in [0.2, 0.25) is 5.02 Å². The topological polar surface area (TPSA) is 53.7 Å². The average molecular weight is 280 g/mol. The van der Waals surface area contributed by atoms with Gasteiger partial charge in [0.2, 0.25) is 0 Å². The first-order chi connectivity index (χ1) is 9.22. The zero-order valence-corrected chi connectivity index (χ0v) is 11.9. The van der Waals surface area contributed by atoms with Crippen molar-refractivity contribution >= 4 is 23.2 Å². The smallest absolute Gasteiger partial charge is 0.191 e. The fourth-order valence-corrected chi connectivity index (χ4v) is 1.93. The second kappa shape index (κ2) is 6.43. The molecular formula is C13H18ClN5. The second-order valence-electron chi connectivity index (χ2n) is 4.07. The molecule has 0 amide bonds. The summed E-state index contributed by atoms with van der Waals surface area (Å²) in [4.78, 5) is 8.96. The first-order valence-corrected chi connectivity index (χ1v) is 6.76. The van der Waals surface area contributed by atoms with Gasteiger partial charge in [-0.15, -0.1) is 0 Å². The van der Waals surface area contributed by atoms with E-state index in [9.17, 15) is 0 Å². The standard InChI is InChI=1S/C13H18ClN5/c1-3-15-13(16-4-2)17-7-11-9-19-8-10(14)5-6-12(19)18-11/h5-6,8-9H,3-4,7H2,1-2H3,(H2,15,16,17). The molecular weight excluding hydrogens is 262 g/mol. The SMILES string of the molecule is CCNC(=NCc1cn2cc(Cl)ccc2n1)NCC. The van der Waals surface area contributed by atoms with Crippen LogP contribution in [0, 0.1) is 0 Å². The van der Waals surface area contributed by atoms with E-state index in [0.717, 1.165) is 30.4 Å². The van der Waals surface area contributed by atoms with Gasteiger partial charge in [0.25, 0.3) is 0 Å². The third kappa shape index (κ3) is 3.61. The van der Waals surface area contributed by atoms with Gasteiger partial charge in [-0.05, 0) is 26.0 Å². The van der Waals surface area contributed by atoms with Crippen LogP contribution in [0.4, 0.5) is 0 Å². The summed E-state index contributed by atoms with van der Waals surface area (Å²) < 4.78 is 1.91. The lowest BCUT2D eigenvalue weighted by molar-refractivity contribution is 0.835. The number of guanidine groups is 1. The first kappa shape index (κ1) is 13.7. The maximum absolute atomic E-state index is 5.94. The Morgan fingerprint density at radius 2 is 2.00 bits per heavy atom. The lowest BCUT2D eigenvalue weighted by Crippen LogP contribution is -2.36. The number of pyridine rings is 1. The summed E-state index contributed by atoms with van der Waals surface area (Å²) in [6.45, 7) is 6.30. The van der Waals surface area contributed by atoms with Crippen LogP contribution < -0.4 is 10.6 Å². The van der Waals surface area contributed by atoms with Crippen molar-refractivity contribution < 1.29 is 0 Å². The number of hydrogen-bond acceptors (Lipinski definition) is 2. The summed E-state index contributed by atoms with van der Waals surface area (Å²) >= 11 is 5.94. The van der Waals surface area contributed by atoms with Crippen LogP contribution in [-0.2, 0) is 6.54 Å². The highest BCUT2D eigenvalue weighted by molar-refractivity contribution is 6.30. The van der Waals surface area contributed by atoms with Crippen molar-refractivity contribution in [1.29, 1.82) is 0 Å². The third-order valence-corrected chi connectivity index (χ3v) is 2.78. The van der Waals surface area contributed by atoms with Crippen molar-refractivity contribution in [2.24, 2.45) is 4.99 Å². The van der Waals surface area contributed by atoms with Crippen LogP contribution in [0.25, 0.3) is 5.65 Å². The van der Waals surface area contributed by atoms with Crippen molar-refractivity contribution in [2.75, 3.05) is 13.1 Å². The molecule has 0 spiro atoms. The number of fused-ring (bicyclic) bond motifs is 1. The minimum atomic E-state index is 0.536. The van der Waals surface area contributed by atoms with Crippen LogP contribution in [0.3, 0.4) is 0 Å². The van der Waals surface area contributed by atoms with Crippen molar-refractivity contribution in [2.45, 2.75) is 20.4 Å². The number of nitrogens with one attached hydrogen (secondary N) is 2. The molecule has 0 saturated carbocycles. The van der Waals surface area contributed by atoms with Crippen LogP contribution in [-0.4, -0.2) is 28.4 Å². The Balaban J connectivity index is 2.13. The molecule has 0 unspecified atom stereocenters. The number of nitrogens with zero attached hydrogens (tertiary/aromatic N) is 3. The Labute approximate surface area is 117 Å². The van der Waals surface area contributed by atoms with Crippen molar-refractivity contribution in [3.05, 3.63) is 35.2 Å². The minimum absolute atomic E-state index is 0.536. The number of rotatable bonds is 4. The summed E-state index contributed by atoms with van der Waals surface area (Å²) in [5.41, 5.74) is 1.79. The normalized spacial score (nSPS) is 10.5. The molecule has 2 aromatic heterocycles. The number of aliphatic imine (C=N–C) groups is 1. The van der Waals surface area contributed by atoms with Gasteiger partial charge in [0.05, 0.1) is 17.3 Å². The molecule has 2 aromatic rings. The molecule has 0 atom stereocenters. The molecule has 0 saturated heterocycles. The molecule has 2 N–H and O–H groups in total. The maximum atomic E-state index is 5.94. The molecule has 0 aliphatic heterocycles. The molecule has 102 valence electrons. The van der Waals surface area contributed by atoms with E-state index >= 15 is 0 Å². The fourth-order valence-electron chi connectivity index (χ4n) is 1.76. The molecule has 0 bridgehead atoms. The third-order valence-electron chi connectivity index (χ3n) is 2.55. The van der Waals surface area contributed by atoms with Gasteiger partial charge in [0.1, 0.15) is 5.65 Å². The van der Waals surface area contributed by atoms with Gasteiger partial charge >= 0.3 is 0 Å². The van der Waals surface area contributed by atoms with E-state index in [0.29, 0.717) is 11.6 Å². The minimum Gasteiger partial charge on any atom is -0.357 e. The van der Waals surface area contributed by atoms with E-state index in [1.807, 2.05) is 42.8 Å². The summed E-state index contributed by atoms with van der Waals surface area (Å²) in [6, 6.07) is 3.73. The highest BCUT2D eigenvalue weighted by Crippen LogP contribution is 2.12. The Morgan fingerprint density at radius 3 is 2.68 bits per heavy atom. The number of imidazole rings is 1. The Hall–Kier alpha value is -1.75. The van der Waals surface area contributed by atoms with Gasteiger partial charge in [-0.2, -0.15) is 0 Å². The quantitative estimate of drug-likeness (QED) is 0.665. The largest absolute Gasteiger partial charge is 0.357 e. The zero-order valence-electron chi connectivity index (χ0n) is 11.2. The predicted molar refractivity (Wildman–Crippen MR) is 78.7 cm³/mol. The Kier molecular flexibility index (Phi) is 4.63. The predicted octanol–water partition coefficient (Wildman–Crippen LogP) is 2.06. The van der Waals surface area contributed by atoms with E-state index in [-0.39, 0.29) is 0 Å². The van der Waals surface area contributed by atoms with E-state index < -0.39 is 0 Å². The first-order valence-electron chi connectivity index (χ1n) is 6.38. The van der Waals surface area contributed by atoms with Gasteiger partial charge in [-0.3, -0.25) is 0 Å². The molecule has 0 radical (unpaired) electrons. The lowest BCUT2D eigenvalue weighted by atomic mass is 10.5. The van der Waals surface area contributed by atoms with Gasteiger partial charge in [0, 0.05) is 25.5 Å². The van der Waals surface area contributed by atoms with E-state index in [2.05, 4.69) is 20.6 Å². The summed E-state index contributed by atoms with van der Waals surface area (Å²) in [5.74, 6) is 0.806. The van der Waals surface area contributed by atoms with Crippen molar-refractivity contribution in [3.8, 4) is 0 Å². The van der Waals surface area contributed by atoms with Crippen LogP contribution in [0.5, 0.6) is 0 Å². The second-order valence-corrected chi connectivity index (χ2v) is 4.51. The molecule has 0 aliphatic carbocycles. The van der Waals surface area contributed by atoms with Gasteiger partial charge in [-0.25, -0.2) is 9.98 Å². The number of aromatic nitrogens is 2. The van der Waals surface area contributed by atoms with E-state index in [1.54, 1.807) is 0 Å². The average Bonchev–Trinajstić information content (AvgIpc) is 2.78. The molecule has 0 aliphatic rings. The highest BCUT2D eigenvalue weighted by atomic mass is 35.5. The lowest BCUT2D eigenvalue weighted by Gasteiger charge is -2.08. The molecule has 2 heterocycles. The zero-order chi connectivity index (χ0) is 13.7. The fraction of sp³-hybridized carbons (Fsp3) is 0.385. The Bertz CT molecular complexity index is 567. The van der Waals surface area contributed by atoms with Crippen LogP contribution in [0.15, 0.2) is 29.5 Å². The number of halogens is 1. The highest BCUT2D eigenvalue weighted by Gasteiger charge is 2.02. The number of hydrogen-bond donors (Lipinski definition) is 2.